The SMILES string of the molecule is Cc1ccc(S(=O)(=O)N(Cc2ccccc2Cl)c2ccc(C(=O)O)cc2)cc1. The van der Waals surface area contributed by atoms with Crippen LogP contribution in [0, 0.1) is 6.92 Å². The molecule has 144 valence electrons. The molecule has 5 nitrogen and oxygen atoms in total. The molecule has 3 rings (SSSR count). The number of sulfonamides is 1. The first-order valence-corrected chi connectivity index (χ1v) is 10.3. The minimum absolute atomic E-state index is 0.0162. The molecule has 0 atom stereocenters. The van der Waals surface area contributed by atoms with Gasteiger partial charge in [0.25, 0.3) is 10.0 Å². The van der Waals surface area contributed by atoms with Crippen molar-refractivity contribution < 1.29 is 18.3 Å². The van der Waals surface area contributed by atoms with Gasteiger partial charge in [0.1, 0.15) is 0 Å². The van der Waals surface area contributed by atoms with Gasteiger partial charge in [-0.05, 0) is 55.0 Å². The lowest BCUT2D eigenvalue weighted by Gasteiger charge is -2.25. The zero-order valence-electron chi connectivity index (χ0n) is 15.0. The molecule has 0 spiro atoms. The number of carbonyl (C=O) groups is 1. The molecule has 3 aromatic rings. The molecule has 0 radical (unpaired) electrons. The molecule has 1 N–H and O–H groups in total. The standard InChI is InChI=1S/C21H18ClNO4S/c1-15-6-12-19(13-7-15)28(26,27)23(14-17-4-2-3-5-20(17)22)18-10-8-16(9-11-18)21(24)25/h2-13H,14H2,1H3,(H,24,25). The molecule has 0 saturated carbocycles. The van der Waals surface area contributed by atoms with E-state index >= 15 is 0 Å². The third kappa shape index (κ3) is 4.18. The summed E-state index contributed by atoms with van der Waals surface area (Å²) in [5.74, 6) is -1.08. The molecule has 0 amide bonds. The van der Waals surface area contributed by atoms with Gasteiger partial charge in [-0.3, -0.25) is 4.31 Å². The van der Waals surface area contributed by atoms with E-state index in [1.54, 1.807) is 48.5 Å². The fourth-order valence-corrected chi connectivity index (χ4v) is 4.34. The van der Waals surface area contributed by atoms with Crippen LogP contribution in [0.1, 0.15) is 21.5 Å². The molecule has 0 heterocycles. The lowest BCUT2D eigenvalue weighted by Crippen LogP contribution is -2.30. The van der Waals surface area contributed by atoms with Gasteiger partial charge in [-0.2, -0.15) is 0 Å². The molecule has 0 aliphatic heterocycles. The molecule has 28 heavy (non-hydrogen) atoms. The van der Waals surface area contributed by atoms with Crippen LogP contribution in [-0.2, 0) is 16.6 Å². The number of anilines is 1. The highest BCUT2D eigenvalue weighted by atomic mass is 35.5. The van der Waals surface area contributed by atoms with E-state index in [2.05, 4.69) is 0 Å². The van der Waals surface area contributed by atoms with Gasteiger partial charge in [0.2, 0.25) is 0 Å². The van der Waals surface area contributed by atoms with Crippen molar-refractivity contribution in [2.45, 2.75) is 18.4 Å². The predicted molar refractivity (Wildman–Crippen MR) is 109 cm³/mol. The number of hydrogen-bond acceptors (Lipinski definition) is 3. The number of nitrogens with zero attached hydrogens (tertiary/aromatic N) is 1. The Kier molecular flexibility index (Phi) is 5.72. The Morgan fingerprint density at radius 3 is 2.14 bits per heavy atom. The molecule has 0 aliphatic carbocycles. The predicted octanol–water partition coefficient (Wildman–Crippen LogP) is 4.74. The fourth-order valence-electron chi connectivity index (χ4n) is 2.70. The van der Waals surface area contributed by atoms with Crippen molar-refractivity contribution in [3.63, 3.8) is 0 Å². The number of halogens is 1. The van der Waals surface area contributed by atoms with Crippen LogP contribution in [-0.4, -0.2) is 19.5 Å². The summed E-state index contributed by atoms with van der Waals surface area (Å²) in [6.07, 6.45) is 0. The number of carboxylic acids is 1. The van der Waals surface area contributed by atoms with Crippen molar-refractivity contribution in [1.82, 2.24) is 0 Å². The zero-order chi connectivity index (χ0) is 20.3. The smallest absolute Gasteiger partial charge is 0.335 e. The van der Waals surface area contributed by atoms with Crippen molar-refractivity contribution in [1.29, 1.82) is 0 Å². The quantitative estimate of drug-likeness (QED) is 0.630. The molecule has 3 aromatic carbocycles. The summed E-state index contributed by atoms with van der Waals surface area (Å²) in [5.41, 5.74) is 2.02. The maximum atomic E-state index is 13.3. The molecule has 0 aliphatic rings. The van der Waals surface area contributed by atoms with E-state index in [0.29, 0.717) is 16.3 Å². The van der Waals surface area contributed by atoms with Crippen LogP contribution in [0.15, 0.2) is 77.7 Å². The Morgan fingerprint density at radius 1 is 0.964 bits per heavy atom. The molecule has 0 saturated heterocycles. The van der Waals surface area contributed by atoms with Crippen LogP contribution in [0.3, 0.4) is 0 Å². The number of aromatic carboxylic acids is 1. The highest BCUT2D eigenvalue weighted by molar-refractivity contribution is 7.92. The first-order valence-electron chi connectivity index (χ1n) is 8.45. The number of hydrogen-bond donors (Lipinski definition) is 1. The van der Waals surface area contributed by atoms with Crippen molar-refractivity contribution >= 4 is 33.3 Å². The normalized spacial score (nSPS) is 11.2. The molecular weight excluding hydrogens is 398 g/mol. The topological polar surface area (TPSA) is 74.7 Å². The van der Waals surface area contributed by atoms with E-state index in [4.69, 9.17) is 16.7 Å². The molecule has 0 fully saturated rings. The van der Waals surface area contributed by atoms with Gasteiger partial charge in [0.15, 0.2) is 0 Å². The summed E-state index contributed by atoms with van der Waals surface area (Å²) in [7, 11) is -3.89. The number of carboxylic acid groups (broad SMARTS) is 1. The maximum Gasteiger partial charge on any atom is 0.335 e. The van der Waals surface area contributed by atoms with Crippen LogP contribution in [0.2, 0.25) is 5.02 Å². The van der Waals surface area contributed by atoms with Gasteiger partial charge in [-0.15, -0.1) is 0 Å². The van der Waals surface area contributed by atoms with Gasteiger partial charge >= 0.3 is 5.97 Å². The Bertz CT molecular complexity index is 1090. The number of rotatable bonds is 6. The van der Waals surface area contributed by atoms with Crippen LogP contribution >= 0.6 is 11.6 Å². The van der Waals surface area contributed by atoms with Gasteiger partial charge in [-0.1, -0.05) is 47.5 Å². The minimum Gasteiger partial charge on any atom is -0.478 e. The summed E-state index contributed by atoms with van der Waals surface area (Å²) in [5, 5.41) is 9.55. The van der Waals surface area contributed by atoms with Crippen molar-refractivity contribution in [2.24, 2.45) is 0 Å². The third-order valence-corrected chi connectivity index (χ3v) is 6.44. The molecule has 0 bridgehead atoms. The second kappa shape index (κ2) is 8.04. The van der Waals surface area contributed by atoms with E-state index < -0.39 is 16.0 Å². The first kappa shape index (κ1) is 19.9. The van der Waals surface area contributed by atoms with Crippen molar-refractivity contribution in [3.8, 4) is 0 Å². The summed E-state index contributed by atoms with van der Waals surface area (Å²) < 4.78 is 27.9. The highest BCUT2D eigenvalue weighted by Gasteiger charge is 2.26. The average molecular weight is 416 g/mol. The first-order chi connectivity index (χ1) is 13.3. The van der Waals surface area contributed by atoms with Crippen molar-refractivity contribution in [3.05, 3.63) is 94.5 Å². The zero-order valence-corrected chi connectivity index (χ0v) is 16.6. The Morgan fingerprint density at radius 2 is 1.57 bits per heavy atom. The minimum atomic E-state index is -3.89. The van der Waals surface area contributed by atoms with Crippen LogP contribution in [0.25, 0.3) is 0 Å². The Balaban J connectivity index is 2.09. The van der Waals surface area contributed by atoms with Gasteiger partial charge in [0, 0.05) is 5.02 Å². The molecule has 0 aromatic heterocycles. The monoisotopic (exact) mass is 415 g/mol. The molecule has 7 heteroatoms. The van der Waals surface area contributed by atoms with E-state index in [1.165, 1.54) is 28.6 Å². The number of aryl methyl sites for hydroxylation is 1. The average Bonchev–Trinajstić information content (AvgIpc) is 2.67. The van der Waals surface area contributed by atoms with Crippen molar-refractivity contribution in [2.75, 3.05) is 4.31 Å². The summed E-state index contributed by atoms with van der Waals surface area (Å²) in [6, 6.07) is 19.3. The summed E-state index contributed by atoms with van der Waals surface area (Å²) in [6.45, 7) is 1.89. The largest absolute Gasteiger partial charge is 0.478 e. The summed E-state index contributed by atoms with van der Waals surface area (Å²) in [4.78, 5) is 11.3. The fraction of sp³-hybridized carbons (Fsp3) is 0.0952. The molecular formula is C21H18ClNO4S. The van der Waals surface area contributed by atoms with Crippen LogP contribution in [0.5, 0.6) is 0 Å². The third-order valence-electron chi connectivity index (χ3n) is 4.28. The second-order valence-corrected chi connectivity index (χ2v) is 8.54. The van der Waals surface area contributed by atoms with E-state index in [0.717, 1.165) is 5.56 Å². The number of benzene rings is 3. The van der Waals surface area contributed by atoms with Crippen LogP contribution in [0.4, 0.5) is 5.69 Å². The summed E-state index contributed by atoms with van der Waals surface area (Å²) >= 11 is 6.24. The van der Waals surface area contributed by atoms with Crippen LogP contribution < -0.4 is 4.31 Å². The molecule has 0 unspecified atom stereocenters. The lowest BCUT2D eigenvalue weighted by molar-refractivity contribution is 0.0697. The lowest BCUT2D eigenvalue weighted by atomic mass is 10.2. The van der Waals surface area contributed by atoms with E-state index in [1.807, 2.05) is 6.92 Å². The van der Waals surface area contributed by atoms with Gasteiger partial charge in [-0.25, -0.2) is 13.2 Å². The maximum absolute atomic E-state index is 13.3. The van der Waals surface area contributed by atoms with Gasteiger partial charge < -0.3 is 5.11 Å². The van der Waals surface area contributed by atoms with Gasteiger partial charge in [0.05, 0.1) is 22.7 Å². The Labute approximate surface area is 168 Å². The highest BCUT2D eigenvalue weighted by Crippen LogP contribution is 2.28. The Hall–Kier alpha value is -2.83. The van der Waals surface area contributed by atoms with E-state index in [-0.39, 0.29) is 17.0 Å². The second-order valence-electron chi connectivity index (χ2n) is 6.27. The van der Waals surface area contributed by atoms with E-state index in [9.17, 15) is 13.2 Å².